The summed E-state index contributed by atoms with van der Waals surface area (Å²) in [5.41, 5.74) is 7.06. The molecule has 1 aromatic rings. The molecule has 0 aliphatic rings. The molecule has 4 nitrogen and oxygen atoms in total. The highest BCUT2D eigenvalue weighted by Crippen LogP contribution is 2.16. The van der Waals surface area contributed by atoms with E-state index in [0.717, 1.165) is 11.3 Å². The van der Waals surface area contributed by atoms with Crippen molar-refractivity contribution in [3.05, 3.63) is 29.8 Å². The Labute approximate surface area is 103 Å². The topological polar surface area (TPSA) is 53.7 Å². The van der Waals surface area contributed by atoms with Gasteiger partial charge < -0.3 is 19.9 Å². The van der Waals surface area contributed by atoms with Crippen LogP contribution in [0.5, 0.6) is 5.75 Å². The van der Waals surface area contributed by atoms with Crippen LogP contribution in [0.25, 0.3) is 0 Å². The van der Waals surface area contributed by atoms with Gasteiger partial charge in [-0.1, -0.05) is 12.1 Å². The fourth-order valence-corrected chi connectivity index (χ4v) is 1.50. The molecule has 2 unspecified atom stereocenters. The van der Waals surface area contributed by atoms with E-state index < -0.39 is 0 Å². The van der Waals surface area contributed by atoms with E-state index in [0.29, 0.717) is 13.2 Å². The molecule has 0 aromatic heterocycles. The molecule has 0 radical (unpaired) electrons. The maximum absolute atomic E-state index is 6.02. The largest absolute Gasteiger partial charge is 0.497 e. The smallest absolute Gasteiger partial charge is 0.118 e. The monoisotopic (exact) mass is 239 g/mol. The van der Waals surface area contributed by atoms with Crippen molar-refractivity contribution in [2.45, 2.75) is 19.1 Å². The molecular weight excluding hydrogens is 218 g/mol. The van der Waals surface area contributed by atoms with Gasteiger partial charge in [0.1, 0.15) is 5.75 Å². The van der Waals surface area contributed by atoms with Crippen molar-refractivity contribution in [3.8, 4) is 5.75 Å². The summed E-state index contributed by atoms with van der Waals surface area (Å²) in [6, 6.07) is 7.57. The zero-order valence-corrected chi connectivity index (χ0v) is 10.7. The highest BCUT2D eigenvalue weighted by Gasteiger charge is 2.09. The molecule has 1 aromatic carbocycles. The Morgan fingerprint density at radius 2 is 1.76 bits per heavy atom. The van der Waals surface area contributed by atoms with Crippen LogP contribution < -0.4 is 10.5 Å². The van der Waals surface area contributed by atoms with Crippen LogP contribution in [0.15, 0.2) is 24.3 Å². The Balaban J connectivity index is 2.43. The quantitative estimate of drug-likeness (QED) is 0.787. The van der Waals surface area contributed by atoms with Gasteiger partial charge in [0.25, 0.3) is 0 Å². The van der Waals surface area contributed by atoms with Crippen molar-refractivity contribution in [3.63, 3.8) is 0 Å². The lowest BCUT2D eigenvalue weighted by Gasteiger charge is -2.17. The second kappa shape index (κ2) is 7.27. The molecule has 0 bridgehead atoms. The Morgan fingerprint density at radius 3 is 2.29 bits per heavy atom. The van der Waals surface area contributed by atoms with Crippen LogP contribution in [0.2, 0.25) is 0 Å². The van der Waals surface area contributed by atoms with Gasteiger partial charge >= 0.3 is 0 Å². The second-order valence-electron chi connectivity index (χ2n) is 3.98. The Kier molecular flexibility index (Phi) is 5.97. The van der Waals surface area contributed by atoms with E-state index in [1.165, 1.54) is 0 Å². The van der Waals surface area contributed by atoms with E-state index in [1.807, 2.05) is 31.2 Å². The lowest BCUT2D eigenvalue weighted by atomic mass is 10.1. The molecule has 17 heavy (non-hydrogen) atoms. The highest BCUT2D eigenvalue weighted by molar-refractivity contribution is 5.28. The summed E-state index contributed by atoms with van der Waals surface area (Å²) in [7, 11) is 3.30. The first kappa shape index (κ1) is 14.0. The molecule has 0 saturated heterocycles. The first-order chi connectivity index (χ1) is 8.17. The number of rotatable bonds is 7. The minimum Gasteiger partial charge on any atom is -0.497 e. The molecule has 4 heteroatoms. The predicted molar refractivity (Wildman–Crippen MR) is 67.2 cm³/mol. The van der Waals surface area contributed by atoms with Crippen LogP contribution in [0.4, 0.5) is 0 Å². The molecule has 0 aliphatic heterocycles. The van der Waals surface area contributed by atoms with Gasteiger partial charge in [0.05, 0.1) is 32.5 Å². The van der Waals surface area contributed by atoms with Gasteiger partial charge in [-0.3, -0.25) is 0 Å². The number of methoxy groups -OCH3 is 2. The van der Waals surface area contributed by atoms with Gasteiger partial charge in [0.2, 0.25) is 0 Å². The molecule has 2 atom stereocenters. The van der Waals surface area contributed by atoms with Crippen LogP contribution in [0.3, 0.4) is 0 Å². The van der Waals surface area contributed by atoms with Gasteiger partial charge in [0.15, 0.2) is 0 Å². The van der Waals surface area contributed by atoms with Crippen molar-refractivity contribution in [1.29, 1.82) is 0 Å². The lowest BCUT2D eigenvalue weighted by molar-refractivity contribution is 0.00328. The third-order valence-electron chi connectivity index (χ3n) is 2.51. The fraction of sp³-hybridized carbons (Fsp3) is 0.538. The Hall–Kier alpha value is -1.10. The summed E-state index contributed by atoms with van der Waals surface area (Å²) in [6.45, 7) is 3.02. The van der Waals surface area contributed by atoms with Gasteiger partial charge in [-0.2, -0.15) is 0 Å². The third-order valence-corrected chi connectivity index (χ3v) is 2.51. The van der Waals surface area contributed by atoms with E-state index in [-0.39, 0.29) is 12.1 Å². The summed E-state index contributed by atoms with van der Waals surface area (Å²) in [5, 5.41) is 0. The van der Waals surface area contributed by atoms with Crippen LogP contribution in [0, 0.1) is 0 Å². The summed E-state index contributed by atoms with van der Waals surface area (Å²) >= 11 is 0. The molecule has 96 valence electrons. The maximum Gasteiger partial charge on any atom is 0.118 e. The third kappa shape index (κ3) is 4.73. The van der Waals surface area contributed by atoms with Crippen molar-refractivity contribution in [2.75, 3.05) is 27.4 Å². The van der Waals surface area contributed by atoms with Crippen molar-refractivity contribution < 1.29 is 14.2 Å². The summed E-state index contributed by atoms with van der Waals surface area (Å²) < 4.78 is 15.7. The molecule has 1 rings (SSSR count). The lowest BCUT2D eigenvalue weighted by Crippen LogP contribution is -2.23. The van der Waals surface area contributed by atoms with E-state index in [1.54, 1.807) is 14.2 Å². The normalized spacial score (nSPS) is 14.4. The predicted octanol–water partition coefficient (Wildman–Crippen LogP) is 1.75. The molecule has 0 heterocycles. The fourth-order valence-electron chi connectivity index (χ4n) is 1.50. The van der Waals surface area contributed by atoms with Crippen LogP contribution in [0.1, 0.15) is 18.5 Å². The van der Waals surface area contributed by atoms with Crippen LogP contribution >= 0.6 is 0 Å². The summed E-state index contributed by atoms with van der Waals surface area (Å²) in [6.07, 6.45) is 0.0595. The van der Waals surface area contributed by atoms with Crippen LogP contribution in [-0.4, -0.2) is 33.5 Å². The first-order valence-corrected chi connectivity index (χ1v) is 5.67. The second-order valence-corrected chi connectivity index (χ2v) is 3.98. The Bertz CT molecular complexity index is 313. The van der Waals surface area contributed by atoms with Gasteiger partial charge in [-0.15, -0.1) is 0 Å². The van der Waals surface area contributed by atoms with Crippen molar-refractivity contribution in [1.82, 2.24) is 0 Å². The SMILES string of the molecule is COCC(C)OCC(N)c1ccc(OC)cc1. The maximum atomic E-state index is 6.02. The minimum atomic E-state index is -0.125. The average Bonchev–Trinajstić information content (AvgIpc) is 2.36. The minimum absolute atomic E-state index is 0.0595. The van der Waals surface area contributed by atoms with E-state index >= 15 is 0 Å². The van der Waals surface area contributed by atoms with Gasteiger partial charge in [0, 0.05) is 7.11 Å². The van der Waals surface area contributed by atoms with Crippen LogP contribution in [-0.2, 0) is 9.47 Å². The number of hydrogen-bond acceptors (Lipinski definition) is 4. The zero-order valence-electron chi connectivity index (χ0n) is 10.7. The molecule has 0 fully saturated rings. The standard InChI is InChI=1S/C13H21NO3/c1-10(8-15-2)17-9-13(14)11-4-6-12(16-3)7-5-11/h4-7,10,13H,8-9,14H2,1-3H3. The highest BCUT2D eigenvalue weighted by atomic mass is 16.5. The Morgan fingerprint density at radius 1 is 1.12 bits per heavy atom. The molecule has 0 aliphatic carbocycles. The van der Waals surface area contributed by atoms with Gasteiger partial charge in [-0.05, 0) is 24.6 Å². The molecule has 0 spiro atoms. The van der Waals surface area contributed by atoms with E-state index in [2.05, 4.69) is 0 Å². The number of benzene rings is 1. The molecular formula is C13H21NO3. The number of nitrogens with two attached hydrogens (primary N) is 1. The zero-order chi connectivity index (χ0) is 12.7. The van der Waals surface area contributed by atoms with Crippen molar-refractivity contribution >= 4 is 0 Å². The van der Waals surface area contributed by atoms with E-state index in [9.17, 15) is 0 Å². The first-order valence-electron chi connectivity index (χ1n) is 5.67. The molecule has 0 saturated carbocycles. The molecule has 2 N–H and O–H groups in total. The summed E-state index contributed by atoms with van der Waals surface area (Å²) in [4.78, 5) is 0. The van der Waals surface area contributed by atoms with Gasteiger partial charge in [-0.25, -0.2) is 0 Å². The van der Waals surface area contributed by atoms with E-state index in [4.69, 9.17) is 19.9 Å². The molecule has 0 amide bonds. The van der Waals surface area contributed by atoms with Crippen molar-refractivity contribution in [2.24, 2.45) is 5.73 Å². The number of hydrogen-bond donors (Lipinski definition) is 1. The average molecular weight is 239 g/mol. The number of ether oxygens (including phenoxy) is 3. The summed E-state index contributed by atoms with van der Waals surface area (Å²) in [5.74, 6) is 0.828.